The number of anilines is 1. The van der Waals surface area contributed by atoms with E-state index in [0.717, 1.165) is 61.6 Å². The molecule has 2 rings (SSSR count). The van der Waals surface area contributed by atoms with Gasteiger partial charge in [0.15, 0.2) is 0 Å². The number of rotatable bonds is 4. The lowest BCUT2D eigenvalue weighted by molar-refractivity contribution is 0.0759. The highest BCUT2D eigenvalue weighted by atomic mass is 16.2. The van der Waals surface area contributed by atoms with Gasteiger partial charge in [0.05, 0.1) is 0 Å². The summed E-state index contributed by atoms with van der Waals surface area (Å²) in [6.07, 6.45) is 4.59. The summed E-state index contributed by atoms with van der Waals surface area (Å²) < 4.78 is 0. The van der Waals surface area contributed by atoms with Crippen LogP contribution in [0.2, 0.25) is 0 Å². The molecule has 3 heteroatoms. The first-order valence-electron chi connectivity index (χ1n) is 8.25. The highest BCUT2D eigenvalue weighted by Gasteiger charge is 2.20. The number of hydrogen-bond donors (Lipinski definition) is 1. The molecular weight excluding hydrogens is 260 g/mol. The molecule has 1 unspecified atom stereocenters. The third-order valence-electron chi connectivity index (χ3n) is 4.34. The summed E-state index contributed by atoms with van der Waals surface area (Å²) in [6.45, 7) is 9.24. The Kier molecular flexibility index (Phi) is 5.66. The minimum Gasteiger partial charge on any atom is -0.385 e. The van der Waals surface area contributed by atoms with Crippen LogP contribution in [0.5, 0.6) is 0 Å². The molecule has 1 aromatic carbocycles. The Bertz CT molecular complexity index is 484. The molecule has 1 aliphatic heterocycles. The van der Waals surface area contributed by atoms with Gasteiger partial charge in [-0.3, -0.25) is 4.79 Å². The van der Waals surface area contributed by atoms with E-state index in [1.807, 2.05) is 24.0 Å². The van der Waals surface area contributed by atoms with Gasteiger partial charge in [-0.15, -0.1) is 0 Å². The number of amides is 1. The summed E-state index contributed by atoms with van der Waals surface area (Å²) in [4.78, 5) is 14.7. The second kappa shape index (κ2) is 7.48. The van der Waals surface area contributed by atoms with E-state index < -0.39 is 0 Å². The number of carbonyl (C=O) groups is 1. The van der Waals surface area contributed by atoms with E-state index in [0.29, 0.717) is 0 Å². The van der Waals surface area contributed by atoms with Gasteiger partial charge in [0.2, 0.25) is 0 Å². The Balaban J connectivity index is 2.08. The zero-order valence-electron chi connectivity index (χ0n) is 13.6. The molecule has 1 saturated heterocycles. The van der Waals surface area contributed by atoms with Gasteiger partial charge in [-0.2, -0.15) is 0 Å². The van der Waals surface area contributed by atoms with Crippen molar-refractivity contribution in [3.05, 3.63) is 29.3 Å². The lowest BCUT2D eigenvalue weighted by atomic mass is 10.0. The molecule has 1 fully saturated rings. The van der Waals surface area contributed by atoms with Crippen molar-refractivity contribution in [2.24, 2.45) is 5.92 Å². The van der Waals surface area contributed by atoms with Gasteiger partial charge in [-0.25, -0.2) is 0 Å². The predicted octanol–water partition coefficient (Wildman–Crippen LogP) is 4.08. The number of hydrogen-bond acceptors (Lipinski definition) is 2. The van der Waals surface area contributed by atoms with Crippen LogP contribution >= 0.6 is 0 Å². The van der Waals surface area contributed by atoms with E-state index in [9.17, 15) is 4.79 Å². The fraction of sp³-hybridized carbons (Fsp3) is 0.611. The van der Waals surface area contributed by atoms with Gasteiger partial charge < -0.3 is 10.2 Å². The molecule has 0 radical (unpaired) electrons. The van der Waals surface area contributed by atoms with E-state index in [1.165, 1.54) is 6.42 Å². The first-order chi connectivity index (χ1) is 10.1. The molecule has 0 aliphatic carbocycles. The van der Waals surface area contributed by atoms with Crippen molar-refractivity contribution < 1.29 is 4.79 Å². The Labute approximate surface area is 128 Å². The van der Waals surface area contributed by atoms with Crippen molar-refractivity contribution in [1.82, 2.24) is 4.90 Å². The minimum absolute atomic E-state index is 0.198. The Morgan fingerprint density at radius 3 is 2.86 bits per heavy atom. The molecule has 0 spiro atoms. The molecule has 1 aliphatic rings. The molecular formula is C18H28N2O. The van der Waals surface area contributed by atoms with Gasteiger partial charge in [-0.05, 0) is 62.3 Å². The summed E-state index contributed by atoms with van der Waals surface area (Å²) in [5.41, 5.74) is 3.03. The van der Waals surface area contributed by atoms with Crippen molar-refractivity contribution in [2.45, 2.75) is 46.5 Å². The quantitative estimate of drug-likeness (QED) is 0.905. The van der Waals surface area contributed by atoms with Crippen LogP contribution in [0, 0.1) is 12.8 Å². The van der Waals surface area contributed by atoms with Gasteiger partial charge in [0, 0.05) is 30.9 Å². The van der Waals surface area contributed by atoms with Crippen molar-refractivity contribution in [2.75, 3.05) is 25.0 Å². The maximum Gasteiger partial charge on any atom is 0.254 e. The predicted molar refractivity (Wildman–Crippen MR) is 88.9 cm³/mol. The number of nitrogens with one attached hydrogen (secondary N) is 1. The average molecular weight is 288 g/mol. The second-order valence-corrected chi connectivity index (χ2v) is 6.28. The first kappa shape index (κ1) is 15.9. The molecule has 21 heavy (non-hydrogen) atoms. The minimum atomic E-state index is 0.198. The third kappa shape index (κ3) is 4.23. The summed E-state index contributed by atoms with van der Waals surface area (Å²) in [5, 5.41) is 3.37. The summed E-state index contributed by atoms with van der Waals surface area (Å²) in [5.74, 6) is 0.938. The zero-order chi connectivity index (χ0) is 15.2. The lowest BCUT2D eigenvalue weighted by Gasteiger charge is -2.22. The number of benzene rings is 1. The van der Waals surface area contributed by atoms with E-state index >= 15 is 0 Å². The van der Waals surface area contributed by atoms with Crippen LogP contribution in [0.25, 0.3) is 0 Å². The topological polar surface area (TPSA) is 32.3 Å². The van der Waals surface area contributed by atoms with E-state index in [2.05, 4.69) is 25.2 Å². The van der Waals surface area contributed by atoms with E-state index in [-0.39, 0.29) is 5.91 Å². The lowest BCUT2D eigenvalue weighted by Crippen LogP contribution is -2.32. The van der Waals surface area contributed by atoms with Crippen LogP contribution in [0.4, 0.5) is 5.69 Å². The maximum absolute atomic E-state index is 12.7. The summed E-state index contributed by atoms with van der Waals surface area (Å²) in [7, 11) is 0. The molecule has 1 N–H and O–H groups in total. The van der Waals surface area contributed by atoms with Crippen LogP contribution < -0.4 is 5.32 Å². The number of aryl methyl sites for hydroxylation is 1. The van der Waals surface area contributed by atoms with Crippen LogP contribution in [0.15, 0.2) is 18.2 Å². The Morgan fingerprint density at radius 2 is 2.14 bits per heavy atom. The first-order valence-corrected chi connectivity index (χ1v) is 8.25. The fourth-order valence-electron chi connectivity index (χ4n) is 2.92. The molecule has 1 amide bonds. The van der Waals surface area contributed by atoms with Gasteiger partial charge >= 0.3 is 0 Å². The van der Waals surface area contributed by atoms with Gasteiger partial charge in [0.1, 0.15) is 0 Å². The number of nitrogens with zero attached hydrogens (tertiary/aromatic N) is 1. The van der Waals surface area contributed by atoms with Crippen LogP contribution in [0.3, 0.4) is 0 Å². The SMILES string of the molecule is CCCNc1ccc(C(=O)N2CCCC(C)CC2)c(C)c1. The molecule has 0 aromatic heterocycles. The van der Waals surface area contributed by atoms with Crippen molar-refractivity contribution in [1.29, 1.82) is 0 Å². The molecule has 1 aromatic rings. The monoisotopic (exact) mass is 288 g/mol. The smallest absolute Gasteiger partial charge is 0.254 e. The molecule has 116 valence electrons. The van der Waals surface area contributed by atoms with Crippen LogP contribution in [0.1, 0.15) is 55.5 Å². The summed E-state index contributed by atoms with van der Waals surface area (Å²) in [6, 6.07) is 6.09. The maximum atomic E-state index is 12.7. The Hall–Kier alpha value is -1.51. The Morgan fingerprint density at radius 1 is 1.33 bits per heavy atom. The van der Waals surface area contributed by atoms with E-state index in [4.69, 9.17) is 0 Å². The number of likely N-dealkylation sites (tertiary alicyclic amines) is 1. The normalized spacial score (nSPS) is 19.2. The summed E-state index contributed by atoms with van der Waals surface area (Å²) >= 11 is 0. The number of carbonyl (C=O) groups excluding carboxylic acids is 1. The highest BCUT2D eigenvalue weighted by Crippen LogP contribution is 2.21. The van der Waals surface area contributed by atoms with Gasteiger partial charge in [-0.1, -0.05) is 13.8 Å². The van der Waals surface area contributed by atoms with Crippen LogP contribution in [-0.4, -0.2) is 30.4 Å². The standard InChI is InChI=1S/C18H28N2O/c1-4-10-19-16-7-8-17(15(3)13-16)18(21)20-11-5-6-14(2)9-12-20/h7-8,13-14,19H,4-6,9-12H2,1-3H3. The second-order valence-electron chi connectivity index (χ2n) is 6.28. The molecule has 0 bridgehead atoms. The average Bonchev–Trinajstić information content (AvgIpc) is 2.69. The van der Waals surface area contributed by atoms with Crippen molar-refractivity contribution in [3.8, 4) is 0 Å². The van der Waals surface area contributed by atoms with Crippen LogP contribution in [-0.2, 0) is 0 Å². The molecule has 1 heterocycles. The zero-order valence-corrected chi connectivity index (χ0v) is 13.6. The van der Waals surface area contributed by atoms with Gasteiger partial charge in [0.25, 0.3) is 5.91 Å². The molecule has 1 atom stereocenters. The molecule has 0 saturated carbocycles. The highest BCUT2D eigenvalue weighted by molar-refractivity contribution is 5.96. The van der Waals surface area contributed by atoms with Crippen molar-refractivity contribution in [3.63, 3.8) is 0 Å². The largest absolute Gasteiger partial charge is 0.385 e. The third-order valence-corrected chi connectivity index (χ3v) is 4.34. The van der Waals surface area contributed by atoms with Crippen molar-refractivity contribution >= 4 is 11.6 Å². The van der Waals surface area contributed by atoms with E-state index in [1.54, 1.807) is 0 Å². The molecule has 3 nitrogen and oxygen atoms in total. The fourth-order valence-corrected chi connectivity index (χ4v) is 2.92.